The minimum absolute atomic E-state index is 0.591. The van der Waals surface area contributed by atoms with Crippen molar-refractivity contribution in [2.24, 2.45) is 5.92 Å². The van der Waals surface area contributed by atoms with Gasteiger partial charge in [0.25, 0.3) is 0 Å². The first-order chi connectivity index (χ1) is 5.24. The van der Waals surface area contributed by atoms with Gasteiger partial charge in [-0.2, -0.15) is 0 Å². The van der Waals surface area contributed by atoms with Crippen molar-refractivity contribution >= 4 is 17.2 Å². The van der Waals surface area contributed by atoms with Crippen LogP contribution in [0.1, 0.15) is 12.8 Å². The number of nitrogens with one attached hydrogen (secondary N) is 1. The molecule has 0 aromatic rings. The van der Waals surface area contributed by atoms with Crippen LogP contribution in [0.25, 0.3) is 0 Å². The van der Waals surface area contributed by atoms with E-state index in [2.05, 4.69) is 17.3 Å². The van der Waals surface area contributed by atoms with E-state index in [-0.39, 0.29) is 0 Å². The summed E-state index contributed by atoms with van der Waals surface area (Å²) in [5, 5.41) is 3.06. The fourth-order valence-corrected chi connectivity index (χ4v) is 1.78. The maximum atomic E-state index is 5.19. The van der Waals surface area contributed by atoms with Crippen LogP contribution in [-0.4, -0.2) is 37.1 Å². The van der Waals surface area contributed by atoms with Gasteiger partial charge in [-0.15, -0.1) is 0 Å². The molecule has 0 aliphatic carbocycles. The van der Waals surface area contributed by atoms with Crippen LogP contribution in [0.5, 0.6) is 0 Å². The fourth-order valence-electron chi connectivity index (χ4n) is 1.58. The number of likely N-dealkylation sites (tertiary alicyclic amines) is 1. The molecule has 1 rings (SSSR count). The maximum Gasteiger partial charge on any atom is 0.0795 e. The lowest BCUT2D eigenvalue weighted by molar-refractivity contribution is 0.246. The van der Waals surface area contributed by atoms with Crippen LogP contribution < -0.4 is 5.32 Å². The van der Waals surface area contributed by atoms with Gasteiger partial charge in [0, 0.05) is 19.5 Å². The summed E-state index contributed by atoms with van der Waals surface area (Å²) in [5.74, 6) is 0.591. The van der Waals surface area contributed by atoms with Gasteiger partial charge in [-0.3, -0.25) is 0 Å². The van der Waals surface area contributed by atoms with Gasteiger partial charge in [-0.05, 0) is 26.4 Å². The number of hydrogen-bond donors (Lipinski definition) is 1. The quantitative estimate of drug-likeness (QED) is 0.591. The molecule has 0 saturated carbocycles. The maximum absolute atomic E-state index is 5.19. The molecule has 0 bridgehead atoms. The molecule has 1 N–H and O–H groups in total. The number of hydrogen-bond acceptors (Lipinski definition) is 2. The van der Waals surface area contributed by atoms with Crippen molar-refractivity contribution in [3.63, 3.8) is 0 Å². The molecule has 0 aromatic heterocycles. The molecule has 11 heavy (non-hydrogen) atoms. The molecule has 0 radical (unpaired) electrons. The number of rotatable bonds is 1. The Morgan fingerprint density at radius 2 is 2.36 bits per heavy atom. The smallest absolute Gasteiger partial charge is 0.0795 e. The van der Waals surface area contributed by atoms with Crippen molar-refractivity contribution in [2.45, 2.75) is 12.8 Å². The van der Waals surface area contributed by atoms with E-state index in [4.69, 9.17) is 12.2 Å². The molecule has 1 fully saturated rings. The SMILES string of the molecule is CNC(=S)C1CCCN(C)C1. The average molecular weight is 172 g/mol. The van der Waals surface area contributed by atoms with Crippen LogP contribution in [0.4, 0.5) is 0 Å². The van der Waals surface area contributed by atoms with Crippen molar-refractivity contribution in [1.82, 2.24) is 10.2 Å². The summed E-state index contributed by atoms with van der Waals surface area (Å²) >= 11 is 5.19. The highest BCUT2D eigenvalue weighted by atomic mass is 32.1. The fraction of sp³-hybridized carbons (Fsp3) is 0.875. The molecule has 1 atom stereocenters. The zero-order valence-corrected chi connectivity index (χ0v) is 8.08. The van der Waals surface area contributed by atoms with Crippen molar-refractivity contribution in [1.29, 1.82) is 0 Å². The highest BCUT2D eigenvalue weighted by Crippen LogP contribution is 2.15. The molecule has 1 saturated heterocycles. The van der Waals surface area contributed by atoms with Gasteiger partial charge < -0.3 is 10.2 Å². The molecule has 0 aromatic carbocycles. The Hall–Kier alpha value is -0.150. The van der Waals surface area contributed by atoms with E-state index >= 15 is 0 Å². The molecule has 1 aliphatic rings. The van der Waals surface area contributed by atoms with E-state index in [0.29, 0.717) is 5.92 Å². The third-order valence-corrected chi connectivity index (χ3v) is 2.78. The van der Waals surface area contributed by atoms with E-state index in [1.165, 1.54) is 19.4 Å². The lowest BCUT2D eigenvalue weighted by Crippen LogP contribution is -2.39. The Labute approximate surface area is 74.0 Å². The summed E-state index contributed by atoms with van der Waals surface area (Å²) in [6, 6.07) is 0. The van der Waals surface area contributed by atoms with E-state index < -0.39 is 0 Å². The lowest BCUT2D eigenvalue weighted by atomic mass is 9.98. The van der Waals surface area contributed by atoms with Gasteiger partial charge in [0.05, 0.1) is 4.99 Å². The van der Waals surface area contributed by atoms with Gasteiger partial charge in [-0.1, -0.05) is 12.2 Å². The predicted octanol–water partition coefficient (Wildman–Crippen LogP) is 0.875. The zero-order chi connectivity index (χ0) is 8.27. The Morgan fingerprint density at radius 3 is 2.91 bits per heavy atom. The number of nitrogens with zero attached hydrogens (tertiary/aromatic N) is 1. The standard InChI is InChI=1S/C8H16N2S/c1-9-8(11)7-4-3-5-10(2)6-7/h7H,3-6H2,1-2H3,(H,9,11). The van der Waals surface area contributed by atoms with Crippen LogP contribution in [0.2, 0.25) is 0 Å². The summed E-state index contributed by atoms with van der Waals surface area (Å²) < 4.78 is 0. The van der Waals surface area contributed by atoms with Gasteiger partial charge in [-0.25, -0.2) is 0 Å². The monoisotopic (exact) mass is 172 g/mol. The second-order valence-electron chi connectivity index (χ2n) is 3.22. The Balaban J connectivity index is 2.39. The molecule has 0 spiro atoms. The molecule has 0 amide bonds. The van der Waals surface area contributed by atoms with Crippen molar-refractivity contribution in [3.8, 4) is 0 Å². The molecule has 2 nitrogen and oxygen atoms in total. The third kappa shape index (κ3) is 2.42. The van der Waals surface area contributed by atoms with E-state index in [0.717, 1.165) is 11.5 Å². The van der Waals surface area contributed by atoms with E-state index in [1.54, 1.807) is 0 Å². The predicted molar refractivity (Wildman–Crippen MR) is 51.9 cm³/mol. The van der Waals surface area contributed by atoms with Crippen molar-refractivity contribution in [3.05, 3.63) is 0 Å². The minimum Gasteiger partial charge on any atom is -0.382 e. The Morgan fingerprint density at radius 1 is 1.64 bits per heavy atom. The Kier molecular flexibility index (Phi) is 3.27. The van der Waals surface area contributed by atoms with E-state index in [1.807, 2.05) is 7.05 Å². The third-order valence-electron chi connectivity index (χ3n) is 2.24. The molecular weight excluding hydrogens is 156 g/mol. The summed E-state index contributed by atoms with van der Waals surface area (Å²) in [4.78, 5) is 3.37. The topological polar surface area (TPSA) is 15.3 Å². The van der Waals surface area contributed by atoms with Gasteiger partial charge in [0.2, 0.25) is 0 Å². The zero-order valence-electron chi connectivity index (χ0n) is 7.26. The first kappa shape index (κ1) is 8.94. The first-order valence-corrected chi connectivity index (χ1v) is 4.55. The summed E-state index contributed by atoms with van der Waals surface area (Å²) in [6.45, 7) is 2.35. The molecule has 1 aliphatic heterocycles. The summed E-state index contributed by atoms with van der Waals surface area (Å²) in [7, 11) is 4.07. The molecule has 64 valence electrons. The highest BCUT2D eigenvalue weighted by molar-refractivity contribution is 7.80. The largest absolute Gasteiger partial charge is 0.382 e. The molecule has 1 heterocycles. The van der Waals surface area contributed by atoms with Crippen molar-refractivity contribution < 1.29 is 0 Å². The summed E-state index contributed by atoms with van der Waals surface area (Å²) in [6.07, 6.45) is 2.53. The summed E-state index contributed by atoms with van der Waals surface area (Å²) in [5.41, 5.74) is 0. The highest BCUT2D eigenvalue weighted by Gasteiger charge is 2.19. The Bertz CT molecular complexity index is 147. The van der Waals surface area contributed by atoms with Crippen molar-refractivity contribution in [2.75, 3.05) is 27.2 Å². The van der Waals surface area contributed by atoms with Crippen LogP contribution in [0.3, 0.4) is 0 Å². The molecule has 3 heteroatoms. The van der Waals surface area contributed by atoms with E-state index in [9.17, 15) is 0 Å². The van der Waals surface area contributed by atoms with Crippen LogP contribution in [0.15, 0.2) is 0 Å². The molecule has 1 unspecified atom stereocenters. The van der Waals surface area contributed by atoms with Gasteiger partial charge in [0.1, 0.15) is 0 Å². The first-order valence-electron chi connectivity index (χ1n) is 4.14. The number of thiocarbonyl (C=S) groups is 1. The minimum atomic E-state index is 0.591. The van der Waals surface area contributed by atoms with Gasteiger partial charge in [0.15, 0.2) is 0 Å². The average Bonchev–Trinajstić information content (AvgIpc) is 2.03. The van der Waals surface area contributed by atoms with Crippen LogP contribution >= 0.6 is 12.2 Å². The van der Waals surface area contributed by atoms with Crippen LogP contribution in [0, 0.1) is 5.92 Å². The van der Waals surface area contributed by atoms with Gasteiger partial charge >= 0.3 is 0 Å². The lowest BCUT2D eigenvalue weighted by Gasteiger charge is -2.29. The molecular formula is C8H16N2S. The second kappa shape index (κ2) is 4.02. The van der Waals surface area contributed by atoms with Crippen LogP contribution in [-0.2, 0) is 0 Å². The second-order valence-corrected chi connectivity index (χ2v) is 3.66. The normalized spacial score (nSPS) is 26.5. The number of piperidine rings is 1.